The molecule has 84 valence electrons. The van der Waals surface area contributed by atoms with E-state index in [0.717, 1.165) is 10.4 Å². The van der Waals surface area contributed by atoms with Crippen LogP contribution in [0.25, 0.3) is 0 Å². The molecule has 0 aromatic carbocycles. The van der Waals surface area contributed by atoms with E-state index in [4.69, 9.17) is 5.73 Å². The lowest BCUT2D eigenvalue weighted by atomic mass is 10.3. The molecule has 4 N–H and O–H groups in total. The van der Waals surface area contributed by atoms with E-state index in [9.17, 15) is 13.2 Å². The minimum atomic E-state index is -3.92. The number of thiophene rings is 1. The number of hydrogen-bond donors (Lipinski definition) is 3. The first-order valence-corrected chi connectivity index (χ1v) is 6.33. The van der Waals surface area contributed by atoms with Crippen molar-refractivity contribution in [1.82, 2.24) is 4.72 Å². The van der Waals surface area contributed by atoms with Gasteiger partial charge in [-0.3, -0.25) is 4.72 Å². The molecule has 6 nitrogen and oxygen atoms in total. The first-order valence-electron chi connectivity index (χ1n) is 3.96. The molecule has 0 bridgehead atoms. The quantitative estimate of drug-likeness (QED) is 0.734. The van der Waals surface area contributed by atoms with E-state index in [-0.39, 0.29) is 0 Å². The van der Waals surface area contributed by atoms with Crippen LogP contribution >= 0.6 is 11.3 Å². The van der Waals surface area contributed by atoms with Gasteiger partial charge in [-0.1, -0.05) is 0 Å². The maximum atomic E-state index is 11.3. The maximum absolute atomic E-state index is 11.3. The average Bonchev–Trinajstić information content (AvgIpc) is 2.33. The summed E-state index contributed by atoms with van der Waals surface area (Å²) in [6.45, 7) is 3.55. The highest BCUT2D eigenvalue weighted by Gasteiger charge is 2.15. The molecule has 0 aliphatic heterocycles. The zero-order chi connectivity index (χ0) is 11.6. The Hall–Kier alpha value is -1.28. The Kier molecular flexibility index (Phi) is 3.20. The van der Waals surface area contributed by atoms with E-state index in [0.29, 0.717) is 5.69 Å². The van der Waals surface area contributed by atoms with Crippen LogP contribution in [-0.2, 0) is 10.2 Å². The van der Waals surface area contributed by atoms with Crippen LogP contribution in [0.1, 0.15) is 10.4 Å². The molecule has 15 heavy (non-hydrogen) atoms. The van der Waals surface area contributed by atoms with Crippen LogP contribution in [0, 0.1) is 13.8 Å². The van der Waals surface area contributed by atoms with Crippen LogP contribution in [-0.4, -0.2) is 14.4 Å². The molecule has 1 aromatic rings. The third-order valence-electron chi connectivity index (χ3n) is 1.63. The Labute approximate surface area is 91.7 Å². The van der Waals surface area contributed by atoms with Crippen LogP contribution in [0.5, 0.6) is 0 Å². The van der Waals surface area contributed by atoms with Crippen molar-refractivity contribution in [2.45, 2.75) is 13.8 Å². The van der Waals surface area contributed by atoms with Gasteiger partial charge in [0.2, 0.25) is 0 Å². The number of nitrogens with one attached hydrogen (secondary N) is 2. The summed E-state index contributed by atoms with van der Waals surface area (Å²) in [4.78, 5) is 11.2. The van der Waals surface area contributed by atoms with Gasteiger partial charge in [-0.25, -0.2) is 9.52 Å². The number of urea groups is 1. The molecule has 0 radical (unpaired) electrons. The molecule has 2 amide bonds. The van der Waals surface area contributed by atoms with Crippen molar-refractivity contribution in [1.29, 1.82) is 0 Å². The van der Waals surface area contributed by atoms with Crippen LogP contribution < -0.4 is 15.2 Å². The number of rotatable bonds is 3. The van der Waals surface area contributed by atoms with Gasteiger partial charge in [0.05, 0.1) is 5.69 Å². The number of primary amides is 1. The molecule has 0 fully saturated rings. The van der Waals surface area contributed by atoms with Gasteiger partial charge in [-0.2, -0.15) is 8.42 Å². The topological polar surface area (TPSA) is 101 Å². The first kappa shape index (κ1) is 11.8. The number of carbonyl (C=O) groups is 1. The van der Waals surface area contributed by atoms with Crippen molar-refractivity contribution in [2.24, 2.45) is 5.73 Å². The summed E-state index contributed by atoms with van der Waals surface area (Å²) in [7, 11) is -3.92. The molecule has 1 heterocycles. The summed E-state index contributed by atoms with van der Waals surface area (Å²) in [5, 5.41) is 1.82. The number of carbonyl (C=O) groups excluding carboxylic acids is 1. The van der Waals surface area contributed by atoms with Crippen molar-refractivity contribution in [3.63, 3.8) is 0 Å². The second-order valence-electron chi connectivity index (χ2n) is 2.92. The van der Waals surface area contributed by atoms with Gasteiger partial charge in [0.1, 0.15) is 0 Å². The second-order valence-corrected chi connectivity index (χ2v) is 5.42. The number of hydrogen-bond acceptors (Lipinski definition) is 4. The highest BCUT2D eigenvalue weighted by atomic mass is 32.2. The van der Waals surface area contributed by atoms with Gasteiger partial charge in [-0.15, -0.1) is 11.3 Å². The van der Waals surface area contributed by atoms with Crippen molar-refractivity contribution in [3.8, 4) is 0 Å². The molecule has 0 saturated heterocycles. The molecular formula is C7H11N3O3S2. The van der Waals surface area contributed by atoms with Crippen LogP contribution in [0.2, 0.25) is 0 Å². The zero-order valence-electron chi connectivity index (χ0n) is 8.20. The Bertz CT molecular complexity index is 458. The zero-order valence-corrected chi connectivity index (χ0v) is 9.83. The number of nitrogens with two attached hydrogens (primary N) is 1. The highest BCUT2D eigenvalue weighted by Crippen LogP contribution is 2.26. The lowest BCUT2D eigenvalue weighted by Gasteiger charge is -2.08. The predicted octanol–water partition coefficient (Wildman–Crippen LogP) is 0.690. The van der Waals surface area contributed by atoms with Gasteiger partial charge < -0.3 is 5.73 Å². The van der Waals surface area contributed by atoms with E-state index < -0.39 is 16.2 Å². The SMILES string of the molecule is Cc1csc(C)c1NS(=O)(=O)NC(N)=O. The summed E-state index contributed by atoms with van der Waals surface area (Å²) in [6, 6.07) is -1.12. The van der Waals surface area contributed by atoms with Crippen molar-refractivity contribution >= 4 is 33.3 Å². The molecule has 1 aromatic heterocycles. The Morgan fingerprint density at radius 1 is 1.47 bits per heavy atom. The summed E-state index contributed by atoms with van der Waals surface area (Å²) < 4.78 is 26.4. The van der Waals surface area contributed by atoms with Crippen LogP contribution in [0.3, 0.4) is 0 Å². The lowest BCUT2D eigenvalue weighted by molar-refractivity contribution is 0.253. The van der Waals surface area contributed by atoms with Crippen molar-refractivity contribution in [2.75, 3.05) is 4.72 Å². The predicted molar refractivity (Wildman–Crippen MR) is 59.1 cm³/mol. The lowest BCUT2D eigenvalue weighted by Crippen LogP contribution is -2.38. The van der Waals surface area contributed by atoms with Gasteiger partial charge in [-0.05, 0) is 24.8 Å². The Morgan fingerprint density at radius 3 is 2.47 bits per heavy atom. The Balaban J connectivity index is 2.91. The normalized spacial score (nSPS) is 11.1. The van der Waals surface area contributed by atoms with E-state index >= 15 is 0 Å². The fourth-order valence-corrected chi connectivity index (χ4v) is 2.78. The first-order chi connectivity index (χ1) is 6.82. The van der Waals surface area contributed by atoms with Crippen LogP contribution in [0.15, 0.2) is 5.38 Å². The van der Waals surface area contributed by atoms with Gasteiger partial charge in [0, 0.05) is 4.88 Å². The monoisotopic (exact) mass is 249 g/mol. The maximum Gasteiger partial charge on any atom is 0.327 e. The molecule has 1 rings (SSSR count). The molecule has 0 atom stereocenters. The minimum Gasteiger partial charge on any atom is -0.351 e. The highest BCUT2D eigenvalue weighted by molar-refractivity contribution is 7.91. The van der Waals surface area contributed by atoms with E-state index in [1.807, 2.05) is 5.38 Å². The fourth-order valence-electron chi connectivity index (χ4n) is 1.02. The van der Waals surface area contributed by atoms with Gasteiger partial charge in [0.25, 0.3) is 0 Å². The van der Waals surface area contributed by atoms with Gasteiger partial charge in [0.15, 0.2) is 0 Å². The third kappa shape index (κ3) is 3.10. The molecule has 0 spiro atoms. The number of amides is 2. The number of anilines is 1. The largest absolute Gasteiger partial charge is 0.351 e. The molecule has 0 saturated carbocycles. The van der Waals surface area contributed by atoms with E-state index in [2.05, 4.69) is 4.72 Å². The Morgan fingerprint density at radius 2 is 2.07 bits per heavy atom. The van der Waals surface area contributed by atoms with Gasteiger partial charge >= 0.3 is 16.2 Å². The summed E-state index contributed by atoms with van der Waals surface area (Å²) in [5.74, 6) is 0. The molecule has 0 aliphatic carbocycles. The second kappa shape index (κ2) is 4.07. The molecule has 0 aliphatic rings. The number of aryl methyl sites for hydroxylation is 2. The third-order valence-corrected chi connectivity index (χ3v) is 3.60. The summed E-state index contributed by atoms with van der Waals surface area (Å²) >= 11 is 1.42. The fraction of sp³-hybridized carbons (Fsp3) is 0.286. The molecular weight excluding hydrogens is 238 g/mol. The average molecular weight is 249 g/mol. The van der Waals surface area contributed by atoms with E-state index in [1.54, 1.807) is 18.6 Å². The standard InChI is InChI=1S/C7H11N3O3S2/c1-4-3-14-5(2)6(4)9-15(12,13)10-7(8)11/h3,9H,1-2H3,(H3,8,10,11). The smallest absolute Gasteiger partial charge is 0.327 e. The summed E-state index contributed by atoms with van der Waals surface area (Å²) in [5.41, 5.74) is 6.00. The van der Waals surface area contributed by atoms with Crippen molar-refractivity contribution < 1.29 is 13.2 Å². The van der Waals surface area contributed by atoms with E-state index in [1.165, 1.54) is 11.3 Å². The van der Waals surface area contributed by atoms with Crippen LogP contribution in [0.4, 0.5) is 10.5 Å². The minimum absolute atomic E-state index is 0.480. The van der Waals surface area contributed by atoms with Crippen molar-refractivity contribution in [3.05, 3.63) is 15.8 Å². The summed E-state index contributed by atoms with van der Waals surface area (Å²) in [6.07, 6.45) is 0. The molecule has 0 unspecified atom stereocenters. The molecule has 8 heteroatoms.